The van der Waals surface area contributed by atoms with Crippen LogP contribution in [0.1, 0.15) is 16.1 Å². The summed E-state index contributed by atoms with van der Waals surface area (Å²) in [5.41, 5.74) is 2.46. The lowest BCUT2D eigenvalue weighted by atomic mass is 10.3. The van der Waals surface area contributed by atoms with Crippen LogP contribution in [-0.2, 0) is 6.54 Å². The van der Waals surface area contributed by atoms with E-state index in [1.54, 1.807) is 29.9 Å². The van der Waals surface area contributed by atoms with Crippen LogP contribution in [0.2, 0.25) is 0 Å². The van der Waals surface area contributed by atoms with Crippen LogP contribution in [0.4, 0.5) is 0 Å². The summed E-state index contributed by atoms with van der Waals surface area (Å²) in [6.45, 7) is 0.443. The number of imidazole rings is 1. The van der Waals surface area contributed by atoms with Gasteiger partial charge in [-0.25, -0.2) is 4.98 Å². The fraction of sp³-hybridized carbons (Fsp3) is 0.0625. The van der Waals surface area contributed by atoms with Gasteiger partial charge in [0.15, 0.2) is 4.96 Å². The van der Waals surface area contributed by atoms with Crippen molar-refractivity contribution in [2.24, 2.45) is 0 Å². The highest BCUT2D eigenvalue weighted by atomic mass is 32.1. The van der Waals surface area contributed by atoms with Gasteiger partial charge >= 0.3 is 0 Å². The van der Waals surface area contributed by atoms with Crippen molar-refractivity contribution in [3.05, 3.63) is 66.2 Å². The molecule has 0 radical (unpaired) electrons. The van der Waals surface area contributed by atoms with Crippen molar-refractivity contribution in [1.29, 1.82) is 0 Å². The largest absolute Gasteiger partial charge is 0.347 e. The number of thiazole rings is 1. The molecule has 1 aromatic carbocycles. The van der Waals surface area contributed by atoms with Crippen LogP contribution in [-0.4, -0.2) is 20.3 Å². The topological polar surface area (TPSA) is 59.3 Å². The molecule has 0 aliphatic rings. The minimum absolute atomic E-state index is 0.177. The zero-order valence-corrected chi connectivity index (χ0v) is 12.4. The van der Waals surface area contributed by atoms with Crippen LogP contribution in [0.3, 0.4) is 0 Å². The third-order valence-electron chi connectivity index (χ3n) is 3.41. The first-order chi connectivity index (χ1) is 10.8. The van der Waals surface area contributed by atoms with Crippen LogP contribution in [0, 0.1) is 0 Å². The summed E-state index contributed by atoms with van der Waals surface area (Å²) < 4.78 is 3.12. The van der Waals surface area contributed by atoms with Crippen molar-refractivity contribution >= 4 is 32.4 Å². The zero-order chi connectivity index (χ0) is 14.9. The van der Waals surface area contributed by atoms with E-state index in [0.29, 0.717) is 12.2 Å². The molecule has 4 aromatic rings. The Hall–Kier alpha value is -2.73. The van der Waals surface area contributed by atoms with E-state index < -0.39 is 0 Å². The maximum absolute atomic E-state index is 12.2. The molecule has 0 aliphatic heterocycles. The van der Waals surface area contributed by atoms with E-state index in [0.717, 1.165) is 20.7 Å². The van der Waals surface area contributed by atoms with Gasteiger partial charge in [0.1, 0.15) is 5.69 Å². The van der Waals surface area contributed by atoms with Gasteiger partial charge in [0.05, 0.1) is 10.2 Å². The highest BCUT2D eigenvalue weighted by Gasteiger charge is 2.13. The first-order valence-electron chi connectivity index (χ1n) is 6.85. The van der Waals surface area contributed by atoms with Gasteiger partial charge < -0.3 is 5.32 Å². The first-order valence-corrected chi connectivity index (χ1v) is 7.67. The molecule has 0 saturated carbocycles. The minimum atomic E-state index is -0.177. The quantitative estimate of drug-likeness (QED) is 0.633. The number of para-hydroxylation sites is 1. The van der Waals surface area contributed by atoms with Crippen LogP contribution in [0.15, 0.2) is 55.0 Å². The van der Waals surface area contributed by atoms with Crippen LogP contribution in [0.25, 0.3) is 15.2 Å². The molecule has 6 heteroatoms. The molecule has 0 atom stereocenters. The number of hydrogen-bond acceptors (Lipinski definition) is 4. The maximum atomic E-state index is 12.2. The van der Waals surface area contributed by atoms with Crippen LogP contribution < -0.4 is 5.32 Å². The van der Waals surface area contributed by atoms with Gasteiger partial charge in [-0.2, -0.15) is 0 Å². The maximum Gasteiger partial charge on any atom is 0.271 e. The third kappa shape index (κ3) is 2.23. The number of nitrogens with zero attached hydrogens (tertiary/aromatic N) is 3. The highest BCUT2D eigenvalue weighted by Crippen LogP contribution is 2.25. The molecule has 0 bridgehead atoms. The zero-order valence-electron chi connectivity index (χ0n) is 11.6. The van der Waals surface area contributed by atoms with Gasteiger partial charge in [0.25, 0.3) is 5.91 Å². The average Bonchev–Trinajstić information content (AvgIpc) is 3.11. The number of fused-ring (bicyclic) bond motifs is 3. The van der Waals surface area contributed by atoms with E-state index in [1.807, 2.05) is 34.7 Å². The van der Waals surface area contributed by atoms with Crippen molar-refractivity contribution in [3.63, 3.8) is 0 Å². The number of nitrogens with one attached hydrogen (secondary N) is 1. The number of benzene rings is 1. The molecule has 0 aliphatic carbocycles. The van der Waals surface area contributed by atoms with Crippen LogP contribution >= 0.6 is 11.3 Å². The average molecular weight is 308 g/mol. The van der Waals surface area contributed by atoms with E-state index in [1.165, 1.54) is 0 Å². The standard InChI is InChI=1S/C16H12N4OS/c21-15(18-9-11-4-3-7-17-8-11)12-10-20-13-5-1-2-6-14(13)22-16(20)19-12/h1-8,10H,9H2,(H,18,21). The fourth-order valence-electron chi connectivity index (χ4n) is 2.33. The number of carbonyl (C=O) groups is 1. The van der Waals surface area contributed by atoms with Crippen molar-refractivity contribution in [3.8, 4) is 0 Å². The molecule has 0 unspecified atom stereocenters. The van der Waals surface area contributed by atoms with Gasteiger partial charge in [0.2, 0.25) is 0 Å². The highest BCUT2D eigenvalue weighted by molar-refractivity contribution is 7.23. The van der Waals surface area contributed by atoms with Gasteiger partial charge in [0, 0.05) is 25.1 Å². The second-order valence-corrected chi connectivity index (χ2v) is 5.90. The smallest absolute Gasteiger partial charge is 0.271 e. The molecule has 4 rings (SSSR count). The molecule has 0 fully saturated rings. The fourth-order valence-corrected chi connectivity index (χ4v) is 3.34. The van der Waals surface area contributed by atoms with Gasteiger partial charge in [-0.15, -0.1) is 0 Å². The summed E-state index contributed by atoms with van der Waals surface area (Å²) in [6, 6.07) is 11.8. The number of carbonyl (C=O) groups excluding carboxylic acids is 1. The van der Waals surface area contributed by atoms with E-state index in [4.69, 9.17) is 0 Å². The molecule has 3 aromatic heterocycles. The Kier molecular flexibility index (Phi) is 3.08. The Morgan fingerprint density at radius 2 is 2.14 bits per heavy atom. The normalized spacial score (nSPS) is 11.1. The Labute approximate surface area is 130 Å². The Balaban J connectivity index is 1.59. The number of hydrogen-bond donors (Lipinski definition) is 1. The molecule has 1 N–H and O–H groups in total. The van der Waals surface area contributed by atoms with E-state index >= 15 is 0 Å². The predicted octanol–water partition coefficient (Wildman–Crippen LogP) is 2.87. The number of pyridine rings is 1. The third-order valence-corrected chi connectivity index (χ3v) is 4.44. The minimum Gasteiger partial charge on any atom is -0.347 e. The molecule has 22 heavy (non-hydrogen) atoms. The lowest BCUT2D eigenvalue weighted by molar-refractivity contribution is 0.0946. The molecular formula is C16H12N4OS. The van der Waals surface area contributed by atoms with Gasteiger partial charge in [-0.05, 0) is 23.8 Å². The monoisotopic (exact) mass is 308 g/mol. The van der Waals surface area contributed by atoms with Crippen LogP contribution in [0.5, 0.6) is 0 Å². The predicted molar refractivity (Wildman–Crippen MR) is 86.0 cm³/mol. The van der Waals surface area contributed by atoms with E-state index in [9.17, 15) is 4.79 Å². The molecule has 108 valence electrons. The first kappa shape index (κ1) is 13.0. The van der Waals surface area contributed by atoms with Crippen molar-refractivity contribution < 1.29 is 4.79 Å². The lowest BCUT2D eigenvalue weighted by Gasteiger charge is -2.02. The SMILES string of the molecule is O=C(NCc1cccnc1)c1cn2c(n1)sc1ccccc12. The van der Waals surface area contributed by atoms with Gasteiger partial charge in [-0.3, -0.25) is 14.2 Å². The number of aromatic nitrogens is 3. The molecule has 3 heterocycles. The van der Waals surface area contributed by atoms with Gasteiger partial charge in [-0.1, -0.05) is 29.5 Å². The summed E-state index contributed by atoms with van der Waals surface area (Å²) in [5.74, 6) is -0.177. The molecule has 5 nitrogen and oxygen atoms in total. The van der Waals surface area contributed by atoms with E-state index in [-0.39, 0.29) is 5.91 Å². The Morgan fingerprint density at radius 1 is 1.23 bits per heavy atom. The van der Waals surface area contributed by atoms with E-state index in [2.05, 4.69) is 21.4 Å². The number of amides is 1. The van der Waals surface area contributed by atoms with Crippen molar-refractivity contribution in [2.45, 2.75) is 6.54 Å². The second-order valence-electron chi connectivity index (χ2n) is 4.89. The molecular weight excluding hydrogens is 296 g/mol. The molecule has 1 amide bonds. The van der Waals surface area contributed by atoms with Crippen molar-refractivity contribution in [1.82, 2.24) is 19.7 Å². The number of rotatable bonds is 3. The Bertz CT molecular complexity index is 958. The summed E-state index contributed by atoms with van der Waals surface area (Å²) in [7, 11) is 0. The summed E-state index contributed by atoms with van der Waals surface area (Å²) >= 11 is 1.58. The Morgan fingerprint density at radius 3 is 3.00 bits per heavy atom. The summed E-state index contributed by atoms with van der Waals surface area (Å²) in [5, 5.41) is 2.86. The molecule has 0 saturated heterocycles. The molecule has 0 spiro atoms. The summed E-state index contributed by atoms with van der Waals surface area (Å²) in [4.78, 5) is 21.5. The lowest BCUT2D eigenvalue weighted by Crippen LogP contribution is -2.23. The van der Waals surface area contributed by atoms with Crippen molar-refractivity contribution in [2.75, 3.05) is 0 Å². The second kappa shape index (κ2) is 5.23. The summed E-state index contributed by atoms with van der Waals surface area (Å²) in [6.07, 6.45) is 5.23.